The van der Waals surface area contributed by atoms with Gasteiger partial charge in [0.2, 0.25) is 0 Å². The fourth-order valence-corrected chi connectivity index (χ4v) is 9.94. The lowest BCUT2D eigenvalue weighted by atomic mass is 10.0. The molecule has 4 aliphatic rings. The number of hydrogen-bond acceptors (Lipinski definition) is 8. The van der Waals surface area contributed by atoms with E-state index in [0.29, 0.717) is 25.7 Å². The van der Waals surface area contributed by atoms with Crippen LogP contribution < -0.4 is 0 Å². The molecule has 4 aliphatic heterocycles. The molecule has 8 nitrogen and oxygen atoms in total. The summed E-state index contributed by atoms with van der Waals surface area (Å²) in [6, 6.07) is 0. The maximum Gasteiger partial charge on any atom is 0.306 e. The van der Waals surface area contributed by atoms with Crippen LogP contribution in [0, 0.1) is 0 Å². The Kier molecular flexibility index (Phi) is 42.6. The van der Waals surface area contributed by atoms with Crippen molar-refractivity contribution in [2.75, 3.05) is 0 Å². The van der Waals surface area contributed by atoms with Crippen molar-refractivity contribution >= 4 is 23.9 Å². The predicted molar refractivity (Wildman–Crippen MR) is 320 cm³/mol. The van der Waals surface area contributed by atoms with Gasteiger partial charge in [-0.25, -0.2) is 0 Å². The minimum Gasteiger partial charge on any atom is -0.460 e. The fourth-order valence-electron chi connectivity index (χ4n) is 9.94. The molecule has 0 aromatic heterocycles. The number of esters is 4. The van der Waals surface area contributed by atoms with E-state index in [4.69, 9.17) is 18.9 Å². The van der Waals surface area contributed by atoms with Gasteiger partial charge in [-0.05, 0) is 158 Å². The standard InChI is InChI=1S/4C17H30O2/c4*1-17(2)15-13-11-9-7-5-3-4-6-8-10-12-14-16(18)19-17/h2*11,13H,3-10,12,14-15H2,1-2H3;2*9,11H,3-8,10,12-15H2,1-2H3/b13-11+;13-11-;11-9+;11-9-. The molecule has 4 rings (SSSR count). The van der Waals surface area contributed by atoms with Crippen molar-refractivity contribution in [3.05, 3.63) is 48.6 Å². The highest BCUT2D eigenvalue weighted by molar-refractivity contribution is 5.71. The predicted octanol–water partition coefficient (Wildman–Crippen LogP) is 20.7. The molecule has 0 spiro atoms. The monoisotopic (exact) mass is 1060 g/mol. The van der Waals surface area contributed by atoms with Crippen molar-refractivity contribution < 1.29 is 38.1 Å². The van der Waals surface area contributed by atoms with Crippen LogP contribution in [0.4, 0.5) is 0 Å². The van der Waals surface area contributed by atoms with Crippen molar-refractivity contribution in [3.63, 3.8) is 0 Å². The summed E-state index contributed by atoms with van der Waals surface area (Å²) in [5.41, 5.74) is -1.35. The molecule has 0 amide bonds. The minimum absolute atomic E-state index is 0.0268. The molecule has 0 N–H and O–H groups in total. The second kappa shape index (κ2) is 45.7. The van der Waals surface area contributed by atoms with E-state index in [1.165, 1.54) is 154 Å². The Hall–Kier alpha value is -3.16. The van der Waals surface area contributed by atoms with Crippen LogP contribution in [0.2, 0.25) is 0 Å². The van der Waals surface area contributed by atoms with E-state index in [-0.39, 0.29) is 46.3 Å². The Morgan fingerprint density at radius 2 is 0.421 bits per heavy atom. The van der Waals surface area contributed by atoms with Gasteiger partial charge < -0.3 is 18.9 Å². The summed E-state index contributed by atoms with van der Waals surface area (Å²) in [6.07, 6.45) is 67.9. The van der Waals surface area contributed by atoms with Crippen molar-refractivity contribution in [3.8, 4) is 0 Å². The first-order valence-electron chi connectivity index (χ1n) is 31.9. The first kappa shape index (κ1) is 70.9. The molecule has 0 fully saturated rings. The first-order valence-corrected chi connectivity index (χ1v) is 31.9. The molecule has 0 bridgehead atoms. The van der Waals surface area contributed by atoms with Gasteiger partial charge in [-0.3, -0.25) is 19.2 Å². The maximum atomic E-state index is 11.8. The van der Waals surface area contributed by atoms with E-state index < -0.39 is 0 Å². The topological polar surface area (TPSA) is 105 Å². The van der Waals surface area contributed by atoms with Crippen LogP contribution in [0.3, 0.4) is 0 Å². The molecule has 76 heavy (non-hydrogen) atoms. The lowest BCUT2D eigenvalue weighted by molar-refractivity contribution is -0.158. The van der Waals surface area contributed by atoms with Crippen LogP contribution in [-0.2, 0) is 38.1 Å². The van der Waals surface area contributed by atoms with E-state index in [2.05, 4.69) is 48.6 Å². The zero-order valence-corrected chi connectivity index (χ0v) is 51.0. The van der Waals surface area contributed by atoms with Gasteiger partial charge in [0, 0.05) is 38.5 Å². The van der Waals surface area contributed by atoms with E-state index >= 15 is 0 Å². The number of carbonyl (C=O) groups is 4. The molecule has 0 aliphatic carbocycles. The van der Waals surface area contributed by atoms with E-state index in [0.717, 1.165) is 103 Å². The molecule has 0 aromatic carbocycles. The largest absolute Gasteiger partial charge is 0.460 e. The number of hydrogen-bond donors (Lipinski definition) is 0. The van der Waals surface area contributed by atoms with Gasteiger partial charge in [-0.15, -0.1) is 0 Å². The third kappa shape index (κ3) is 48.0. The normalized spacial score (nSPS) is 25.5. The van der Waals surface area contributed by atoms with Gasteiger partial charge in [0.15, 0.2) is 0 Å². The third-order valence-corrected chi connectivity index (χ3v) is 14.8. The van der Waals surface area contributed by atoms with Gasteiger partial charge in [-0.2, -0.15) is 0 Å². The highest BCUT2D eigenvalue weighted by atomic mass is 16.6. The Morgan fingerprint density at radius 3 is 0.671 bits per heavy atom. The van der Waals surface area contributed by atoms with Crippen molar-refractivity contribution in [2.24, 2.45) is 0 Å². The quantitative estimate of drug-likeness (QED) is 0.134. The van der Waals surface area contributed by atoms with Crippen LogP contribution in [-0.4, -0.2) is 46.3 Å². The number of cyclic esters (lactones) is 4. The van der Waals surface area contributed by atoms with Crippen LogP contribution in [0.5, 0.6) is 0 Å². The summed E-state index contributed by atoms with van der Waals surface area (Å²) in [4.78, 5) is 47.0. The highest BCUT2D eigenvalue weighted by Gasteiger charge is 2.24. The highest BCUT2D eigenvalue weighted by Crippen LogP contribution is 2.24. The van der Waals surface area contributed by atoms with Crippen LogP contribution in [0.25, 0.3) is 0 Å². The molecule has 440 valence electrons. The minimum atomic E-state index is -0.356. The van der Waals surface area contributed by atoms with Gasteiger partial charge in [-0.1, -0.05) is 190 Å². The fraction of sp³-hybridized carbons (Fsp3) is 0.824. The van der Waals surface area contributed by atoms with Crippen molar-refractivity contribution in [1.29, 1.82) is 0 Å². The smallest absolute Gasteiger partial charge is 0.306 e. The van der Waals surface area contributed by atoms with Gasteiger partial charge in [0.1, 0.15) is 22.4 Å². The molecular formula is C68H120O8. The molecule has 0 unspecified atom stereocenters. The summed E-state index contributed by atoms with van der Waals surface area (Å²) < 4.78 is 22.2. The Morgan fingerprint density at radius 1 is 0.237 bits per heavy atom. The zero-order valence-electron chi connectivity index (χ0n) is 51.0. The molecule has 0 radical (unpaired) electrons. The number of carbonyl (C=O) groups excluding carboxylic acids is 4. The molecule has 0 saturated heterocycles. The Bertz CT molecular complexity index is 1460. The summed E-state index contributed by atoms with van der Waals surface area (Å²) in [6.45, 7) is 16.1. The molecule has 0 aromatic rings. The number of allylic oxidation sites excluding steroid dienone is 6. The Labute approximate surface area is 469 Å². The molecule has 8 heteroatoms. The average Bonchev–Trinajstić information content (AvgIpc) is 3.33. The third-order valence-electron chi connectivity index (χ3n) is 14.8. The second-order valence-corrected chi connectivity index (χ2v) is 25.1. The van der Waals surface area contributed by atoms with E-state index in [9.17, 15) is 19.2 Å². The first-order chi connectivity index (χ1) is 36.4. The van der Waals surface area contributed by atoms with Gasteiger partial charge >= 0.3 is 23.9 Å². The zero-order chi connectivity index (χ0) is 55.9. The van der Waals surface area contributed by atoms with Crippen LogP contribution >= 0.6 is 0 Å². The summed E-state index contributed by atoms with van der Waals surface area (Å²) in [7, 11) is 0. The SMILES string of the molecule is CC1(C)C/C=C/CCCCCCCCCCC(=O)O1.CC1(C)C/C=C\CCCCCCCCCCC(=O)O1.CC1(C)CC/C=C/CCCCCCCCCC(=O)O1.CC1(C)CC/C=C\CCCCCCCCCC(=O)O1. The number of rotatable bonds is 0. The summed E-state index contributed by atoms with van der Waals surface area (Å²) in [5, 5.41) is 0. The molecular weight excluding hydrogens is 945 g/mol. The molecule has 4 heterocycles. The van der Waals surface area contributed by atoms with E-state index in [1.807, 2.05) is 55.4 Å². The van der Waals surface area contributed by atoms with Crippen molar-refractivity contribution in [1.82, 2.24) is 0 Å². The van der Waals surface area contributed by atoms with E-state index in [1.54, 1.807) is 0 Å². The average molecular weight is 1070 g/mol. The lowest BCUT2D eigenvalue weighted by Crippen LogP contribution is -2.27. The summed E-state index contributed by atoms with van der Waals surface area (Å²) >= 11 is 0. The number of ether oxygens (including phenoxy) is 4. The summed E-state index contributed by atoms with van der Waals surface area (Å²) in [5.74, 6) is -0.127. The van der Waals surface area contributed by atoms with Gasteiger partial charge in [0.25, 0.3) is 0 Å². The second-order valence-electron chi connectivity index (χ2n) is 25.1. The maximum absolute atomic E-state index is 11.8. The van der Waals surface area contributed by atoms with Crippen LogP contribution in [0.15, 0.2) is 48.6 Å². The molecule has 0 saturated carbocycles. The lowest BCUT2D eigenvalue weighted by Gasteiger charge is -2.24. The van der Waals surface area contributed by atoms with Crippen molar-refractivity contribution in [2.45, 2.75) is 360 Å². The van der Waals surface area contributed by atoms with Crippen LogP contribution in [0.1, 0.15) is 338 Å². The van der Waals surface area contributed by atoms with Gasteiger partial charge in [0.05, 0.1) is 0 Å². The molecule has 0 atom stereocenters. The Balaban J connectivity index is 0.000000507.